The molecule has 0 fully saturated rings. The van der Waals surface area contributed by atoms with Crippen molar-refractivity contribution in [1.82, 2.24) is 14.5 Å². The van der Waals surface area contributed by atoms with Crippen LogP contribution in [-0.4, -0.2) is 40.6 Å². The molecule has 0 aliphatic rings. The number of carbonyl (C=O) groups is 1. The molecule has 7 heteroatoms. The monoisotopic (exact) mass is 425 g/mol. The highest BCUT2D eigenvalue weighted by molar-refractivity contribution is 6.32. The lowest BCUT2D eigenvalue weighted by Gasteiger charge is -2.20. The summed E-state index contributed by atoms with van der Waals surface area (Å²) in [6.07, 6.45) is 0. The van der Waals surface area contributed by atoms with E-state index in [2.05, 4.69) is 4.98 Å². The van der Waals surface area contributed by atoms with E-state index in [0.29, 0.717) is 30.1 Å². The molecule has 1 amide bonds. The topological polar surface area (TPSA) is 64.4 Å². The fraction of sp³-hybridized carbons (Fsp3) is 0.261. The Morgan fingerprint density at radius 3 is 2.27 bits per heavy atom. The summed E-state index contributed by atoms with van der Waals surface area (Å²) in [5, 5.41) is 0.103. The smallest absolute Gasteiger partial charge is 0.283 e. The predicted molar refractivity (Wildman–Crippen MR) is 118 cm³/mol. The van der Waals surface area contributed by atoms with Crippen LogP contribution in [0.1, 0.15) is 29.9 Å². The second-order valence-corrected chi connectivity index (χ2v) is 7.04. The third kappa shape index (κ3) is 4.39. The quantitative estimate of drug-likeness (QED) is 0.571. The first-order chi connectivity index (χ1) is 14.5. The molecule has 0 spiro atoms. The third-order valence-corrected chi connectivity index (χ3v) is 5.19. The molecule has 1 aromatic heterocycles. The first-order valence-electron chi connectivity index (χ1n) is 9.78. The van der Waals surface area contributed by atoms with E-state index in [0.717, 1.165) is 5.56 Å². The van der Waals surface area contributed by atoms with Gasteiger partial charge in [-0.15, -0.1) is 0 Å². The van der Waals surface area contributed by atoms with Crippen molar-refractivity contribution in [2.75, 3.05) is 20.2 Å². The first-order valence-corrected chi connectivity index (χ1v) is 10.2. The number of rotatable bonds is 7. The summed E-state index contributed by atoms with van der Waals surface area (Å²) < 4.78 is 6.74. The Morgan fingerprint density at radius 1 is 1.07 bits per heavy atom. The molecule has 0 unspecified atom stereocenters. The Balaban J connectivity index is 2.21. The van der Waals surface area contributed by atoms with Crippen molar-refractivity contribution in [3.8, 4) is 17.0 Å². The molecule has 30 heavy (non-hydrogen) atoms. The molecule has 0 aliphatic carbocycles. The van der Waals surface area contributed by atoms with Gasteiger partial charge in [-0.2, -0.15) is 0 Å². The molecule has 0 N–H and O–H groups in total. The van der Waals surface area contributed by atoms with Crippen LogP contribution in [0.4, 0.5) is 0 Å². The Bertz CT molecular complexity index is 1080. The van der Waals surface area contributed by atoms with Crippen molar-refractivity contribution in [3.05, 3.63) is 81.4 Å². The van der Waals surface area contributed by atoms with E-state index in [1.807, 2.05) is 56.3 Å². The van der Waals surface area contributed by atoms with E-state index >= 15 is 0 Å². The minimum absolute atomic E-state index is 0.103. The molecule has 0 atom stereocenters. The average molecular weight is 426 g/mol. The molecule has 2 aromatic carbocycles. The van der Waals surface area contributed by atoms with Crippen molar-refractivity contribution in [3.63, 3.8) is 0 Å². The lowest BCUT2D eigenvalue weighted by molar-refractivity contribution is 0.0764. The van der Waals surface area contributed by atoms with Crippen LogP contribution in [-0.2, 0) is 6.54 Å². The van der Waals surface area contributed by atoms with Crippen molar-refractivity contribution in [2.45, 2.75) is 20.4 Å². The van der Waals surface area contributed by atoms with Gasteiger partial charge in [-0.3, -0.25) is 14.2 Å². The van der Waals surface area contributed by atoms with Crippen LogP contribution in [0.5, 0.6) is 5.75 Å². The Morgan fingerprint density at radius 2 is 1.70 bits per heavy atom. The molecule has 0 aliphatic heterocycles. The zero-order valence-electron chi connectivity index (χ0n) is 17.3. The van der Waals surface area contributed by atoms with Crippen LogP contribution < -0.4 is 10.3 Å². The van der Waals surface area contributed by atoms with Gasteiger partial charge in [0.1, 0.15) is 5.75 Å². The van der Waals surface area contributed by atoms with Gasteiger partial charge in [0.25, 0.3) is 11.5 Å². The molecule has 156 valence electrons. The zero-order valence-corrected chi connectivity index (χ0v) is 18.0. The Hall–Kier alpha value is -3.12. The second-order valence-electron chi connectivity index (χ2n) is 6.68. The van der Waals surface area contributed by atoms with Crippen LogP contribution in [0.2, 0.25) is 5.15 Å². The Labute approximate surface area is 180 Å². The SMILES string of the molecule is CCN(CC)C(=O)c1nc(Cl)c(-c2ccc(OC)cc2)n(Cc2ccccc2)c1=O. The van der Waals surface area contributed by atoms with E-state index in [1.54, 1.807) is 24.1 Å². The van der Waals surface area contributed by atoms with E-state index < -0.39 is 11.5 Å². The van der Waals surface area contributed by atoms with Crippen molar-refractivity contribution < 1.29 is 9.53 Å². The summed E-state index contributed by atoms with van der Waals surface area (Å²) in [5.74, 6) is 0.267. The molecule has 6 nitrogen and oxygen atoms in total. The van der Waals surface area contributed by atoms with Gasteiger partial charge in [0, 0.05) is 18.7 Å². The number of aromatic nitrogens is 2. The first kappa shape index (κ1) is 21.6. The standard InChI is InChI=1S/C23H24ClN3O3/c1-4-26(5-2)22(28)19-23(29)27(15-16-9-7-6-8-10-16)20(21(24)25-19)17-11-13-18(30-3)14-12-17/h6-14H,4-5,15H2,1-3H3. The normalized spacial score (nSPS) is 10.7. The molecule has 0 bridgehead atoms. The fourth-order valence-corrected chi connectivity index (χ4v) is 3.58. The molecular formula is C23H24ClN3O3. The van der Waals surface area contributed by atoms with Crippen LogP contribution >= 0.6 is 11.6 Å². The van der Waals surface area contributed by atoms with Crippen LogP contribution in [0, 0.1) is 0 Å². The summed E-state index contributed by atoms with van der Waals surface area (Å²) >= 11 is 6.54. The highest BCUT2D eigenvalue weighted by Crippen LogP contribution is 2.28. The highest BCUT2D eigenvalue weighted by atomic mass is 35.5. The number of ether oxygens (including phenoxy) is 1. The lowest BCUT2D eigenvalue weighted by atomic mass is 10.1. The lowest BCUT2D eigenvalue weighted by Crippen LogP contribution is -2.38. The summed E-state index contributed by atoms with van der Waals surface area (Å²) in [6, 6.07) is 16.8. The van der Waals surface area contributed by atoms with Gasteiger partial charge in [0.2, 0.25) is 0 Å². The number of halogens is 1. The van der Waals surface area contributed by atoms with Gasteiger partial charge in [0.05, 0.1) is 19.3 Å². The average Bonchev–Trinajstić information content (AvgIpc) is 2.77. The molecular weight excluding hydrogens is 402 g/mol. The van der Waals surface area contributed by atoms with Crippen LogP contribution in [0.15, 0.2) is 59.4 Å². The number of methoxy groups -OCH3 is 1. The van der Waals surface area contributed by atoms with Gasteiger partial charge in [-0.1, -0.05) is 41.9 Å². The second kappa shape index (κ2) is 9.59. The van der Waals surface area contributed by atoms with E-state index in [1.165, 1.54) is 4.57 Å². The molecule has 0 saturated carbocycles. The van der Waals surface area contributed by atoms with Crippen LogP contribution in [0.25, 0.3) is 11.3 Å². The van der Waals surface area contributed by atoms with E-state index in [9.17, 15) is 9.59 Å². The maximum absolute atomic E-state index is 13.4. The van der Waals surface area contributed by atoms with E-state index in [4.69, 9.17) is 16.3 Å². The van der Waals surface area contributed by atoms with Crippen molar-refractivity contribution in [2.24, 2.45) is 0 Å². The summed E-state index contributed by atoms with van der Waals surface area (Å²) in [4.78, 5) is 32.1. The van der Waals surface area contributed by atoms with Gasteiger partial charge in [-0.25, -0.2) is 4.98 Å². The molecule has 3 aromatic rings. The van der Waals surface area contributed by atoms with Gasteiger partial charge >= 0.3 is 0 Å². The highest BCUT2D eigenvalue weighted by Gasteiger charge is 2.24. The van der Waals surface area contributed by atoms with Crippen LogP contribution in [0.3, 0.4) is 0 Å². The minimum Gasteiger partial charge on any atom is -0.497 e. The number of nitrogens with zero attached hydrogens (tertiary/aromatic N) is 3. The van der Waals surface area contributed by atoms with Crippen molar-refractivity contribution in [1.29, 1.82) is 0 Å². The number of hydrogen-bond acceptors (Lipinski definition) is 4. The van der Waals surface area contributed by atoms with Gasteiger partial charge < -0.3 is 9.64 Å². The minimum atomic E-state index is -0.467. The summed E-state index contributed by atoms with van der Waals surface area (Å²) in [6.45, 7) is 4.94. The van der Waals surface area contributed by atoms with Crippen molar-refractivity contribution >= 4 is 17.5 Å². The number of carbonyl (C=O) groups excluding carboxylic acids is 1. The maximum atomic E-state index is 13.4. The maximum Gasteiger partial charge on any atom is 0.283 e. The molecule has 0 radical (unpaired) electrons. The van der Waals surface area contributed by atoms with E-state index in [-0.39, 0.29) is 17.4 Å². The molecule has 1 heterocycles. The third-order valence-electron chi connectivity index (χ3n) is 4.92. The molecule has 0 saturated heterocycles. The van der Waals surface area contributed by atoms with Gasteiger partial charge in [0.15, 0.2) is 10.8 Å². The fourth-order valence-electron chi connectivity index (χ4n) is 3.28. The largest absolute Gasteiger partial charge is 0.497 e. The number of hydrogen-bond donors (Lipinski definition) is 0. The Kier molecular flexibility index (Phi) is 6.90. The predicted octanol–water partition coefficient (Wildman–Crippen LogP) is 4.10. The number of amides is 1. The molecule has 3 rings (SSSR count). The number of benzene rings is 2. The zero-order chi connectivity index (χ0) is 21.7. The summed E-state index contributed by atoms with van der Waals surface area (Å²) in [5.41, 5.74) is 1.45. The summed E-state index contributed by atoms with van der Waals surface area (Å²) in [7, 11) is 1.59. The van der Waals surface area contributed by atoms with Gasteiger partial charge in [-0.05, 0) is 43.7 Å².